The number of hydrogen-bond donors (Lipinski definition) is 1. The zero-order valence-electron chi connectivity index (χ0n) is 14.4. The van der Waals surface area contributed by atoms with E-state index in [1.807, 2.05) is 36.9 Å². The Bertz CT molecular complexity index is 733. The molecule has 1 unspecified atom stereocenters. The van der Waals surface area contributed by atoms with Gasteiger partial charge in [0.15, 0.2) is 0 Å². The fourth-order valence-corrected chi connectivity index (χ4v) is 3.11. The van der Waals surface area contributed by atoms with E-state index in [0.717, 1.165) is 35.2 Å². The Hall–Kier alpha value is -1.84. The van der Waals surface area contributed by atoms with E-state index in [9.17, 15) is 5.11 Å². The molecule has 3 nitrogen and oxygen atoms in total. The van der Waals surface area contributed by atoms with E-state index in [1.165, 1.54) is 5.56 Å². The largest absolute Gasteiger partial charge is 0.396 e. The predicted molar refractivity (Wildman–Crippen MR) is 101 cm³/mol. The third-order valence-corrected chi connectivity index (χ3v) is 4.52. The van der Waals surface area contributed by atoms with Crippen molar-refractivity contribution in [2.24, 2.45) is 7.05 Å². The first-order chi connectivity index (χ1) is 11.4. The van der Waals surface area contributed by atoms with E-state index >= 15 is 0 Å². The molecule has 0 aliphatic rings. The summed E-state index contributed by atoms with van der Waals surface area (Å²) < 4.78 is 1.98. The van der Waals surface area contributed by atoms with E-state index in [4.69, 9.17) is 11.6 Å². The number of aryl methyl sites for hydroxylation is 2. The highest BCUT2D eigenvalue weighted by Crippen LogP contribution is 2.36. The number of halogens is 1. The van der Waals surface area contributed by atoms with Crippen LogP contribution < -0.4 is 0 Å². The van der Waals surface area contributed by atoms with Crippen LogP contribution in [0.25, 0.3) is 5.57 Å². The van der Waals surface area contributed by atoms with Crippen LogP contribution in [0.3, 0.4) is 0 Å². The third kappa shape index (κ3) is 4.37. The standard InChI is InChI=1S/C20H25ClN2O/c1-14(2)5-6-16-7-8-17(21)11-19(16)15(3)18(9-10-24)20-12-22-13-23(20)4/h7-8,11-13,18,24H,1,3,5-6,9-10H2,2,4H3. The van der Waals surface area contributed by atoms with Crippen molar-refractivity contribution < 1.29 is 5.11 Å². The quantitative estimate of drug-likeness (QED) is 0.701. The van der Waals surface area contributed by atoms with Crippen LogP contribution >= 0.6 is 11.6 Å². The molecule has 4 heteroatoms. The number of rotatable bonds is 8. The van der Waals surface area contributed by atoms with Gasteiger partial charge in [0.2, 0.25) is 0 Å². The minimum Gasteiger partial charge on any atom is -0.396 e. The molecule has 24 heavy (non-hydrogen) atoms. The molecule has 0 aliphatic carbocycles. The second-order valence-corrected chi connectivity index (χ2v) is 6.71. The van der Waals surface area contributed by atoms with Gasteiger partial charge < -0.3 is 9.67 Å². The SMILES string of the molecule is C=C(C)CCc1ccc(Cl)cc1C(=C)C(CCO)c1cncn1C. The van der Waals surface area contributed by atoms with Crippen molar-refractivity contribution in [2.45, 2.75) is 32.1 Å². The molecule has 2 aromatic rings. The molecule has 0 aliphatic heterocycles. The highest BCUT2D eigenvalue weighted by atomic mass is 35.5. The number of aliphatic hydroxyl groups is 1. The molecule has 0 amide bonds. The summed E-state index contributed by atoms with van der Waals surface area (Å²) in [7, 11) is 1.96. The first-order valence-corrected chi connectivity index (χ1v) is 8.51. The van der Waals surface area contributed by atoms with Crippen molar-refractivity contribution in [2.75, 3.05) is 6.61 Å². The number of hydrogen-bond acceptors (Lipinski definition) is 2. The van der Waals surface area contributed by atoms with Crippen LogP contribution in [0.2, 0.25) is 5.02 Å². The number of aliphatic hydroxyl groups excluding tert-OH is 1. The van der Waals surface area contributed by atoms with Crippen LogP contribution in [0.4, 0.5) is 0 Å². The average Bonchev–Trinajstić information content (AvgIpc) is 2.96. The van der Waals surface area contributed by atoms with E-state index in [2.05, 4.69) is 24.2 Å². The maximum absolute atomic E-state index is 9.51. The smallest absolute Gasteiger partial charge is 0.0945 e. The van der Waals surface area contributed by atoms with E-state index in [-0.39, 0.29) is 12.5 Å². The van der Waals surface area contributed by atoms with Crippen molar-refractivity contribution in [1.29, 1.82) is 0 Å². The molecule has 1 aromatic heterocycles. The molecule has 2 rings (SSSR count). The van der Waals surface area contributed by atoms with Crippen molar-refractivity contribution >= 4 is 17.2 Å². The Morgan fingerprint density at radius 2 is 2.12 bits per heavy atom. The summed E-state index contributed by atoms with van der Waals surface area (Å²) in [4.78, 5) is 4.20. The number of benzene rings is 1. The summed E-state index contributed by atoms with van der Waals surface area (Å²) in [5.74, 6) is 0.00421. The van der Waals surface area contributed by atoms with E-state index < -0.39 is 0 Å². The highest BCUT2D eigenvalue weighted by Gasteiger charge is 2.21. The molecular weight excluding hydrogens is 320 g/mol. The fourth-order valence-electron chi connectivity index (χ4n) is 2.93. The lowest BCUT2D eigenvalue weighted by Crippen LogP contribution is -2.09. The van der Waals surface area contributed by atoms with Crippen molar-refractivity contribution in [3.05, 3.63) is 71.3 Å². The first-order valence-electron chi connectivity index (χ1n) is 8.13. The number of imidazole rings is 1. The van der Waals surface area contributed by atoms with Gasteiger partial charge in [0.25, 0.3) is 0 Å². The number of aromatic nitrogens is 2. The molecule has 1 N–H and O–H groups in total. The Morgan fingerprint density at radius 1 is 1.38 bits per heavy atom. The minimum absolute atomic E-state index is 0.00421. The lowest BCUT2D eigenvalue weighted by Gasteiger charge is -2.22. The van der Waals surface area contributed by atoms with Crippen LogP contribution in [0.5, 0.6) is 0 Å². The zero-order chi connectivity index (χ0) is 17.7. The zero-order valence-corrected chi connectivity index (χ0v) is 15.2. The van der Waals surface area contributed by atoms with E-state index in [1.54, 1.807) is 6.33 Å². The predicted octanol–water partition coefficient (Wildman–Crippen LogP) is 4.76. The number of allylic oxidation sites excluding steroid dienone is 2. The lowest BCUT2D eigenvalue weighted by atomic mass is 9.85. The molecule has 1 aromatic carbocycles. The summed E-state index contributed by atoms with van der Waals surface area (Å²) in [5.41, 5.74) is 5.42. The topological polar surface area (TPSA) is 38.1 Å². The summed E-state index contributed by atoms with van der Waals surface area (Å²) in [5, 5.41) is 10.2. The van der Waals surface area contributed by atoms with Crippen LogP contribution in [0.1, 0.15) is 42.5 Å². The molecule has 1 heterocycles. The van der Waals surface area contributed by atoms with Gasteiger partial charge in [-0.05, 0) is 55.0 Å². The Morgan fingerprint density at radius 3 is 2.71 bits per heavy atom. The molecule has 0 saturated carbocycles. The molecule has 0 saturated heterocycles. The van der Waals surface area contributed by atoms with Crippen LogP contribution in [-0.4, -0.2) is 21.3 Å². The molecule has 0 radical (unpaired) electrons. The molecule has 1 atom stereocenters. The Labute approximate surface area is 149 Å². The van der Waals surface area contributed by atoms with Crippen molar-refractivity contribution in [3.8, 4) is 0 Å². The van der Waals surface area contributed by atoms with Gasteiger partial charge in [-0.3, -0.25) is 0 Å². The van der Waals surface area contributed by atoms with Gasteiger partial charge >= 0.3 is 0 Å². The Balaban J connectivity index is 2.40. The van der Waals surface area contributed by atoms with E-state index in [0.29, 0.717) is 11.4 Å². The lowest BCUT2D eigenvalue weighted by molar-refractivity contribution is 0.282. The van der Waals surface area contributed by atoms with Gasteiger partial charge in [0.1, 0.15) is 0 Å². The van der Waals surface area contributed by atoms with Crippen LogP contribution in [0.15, 0.2) is 49.5 Å². The van der Waals surface area contributed by atoms with Gasteiger partial charge in [0.05, 0.1) is 6.33 Å². The maximum atomic E-state index is 9.51. The minimum atomic E-state index is 0.00421. The van der Waals surface area contributed by atoms with Crippen LogP contribution in [0, 0.1) is 0 Å². The monoisotopic (exact) mass is 344 g/mol. The molecule has 128 valence electrons. The number of nitrogens with zero attached hydrogens (tertiary/aromatic N) is 2. The normalized spacial score (nSPS) is 12.2. The molecular formula is C20H25ClN2O. The summed E-state index contributed by atoms with van der Waals surface area (Å²) in [6, 6.07) is 5.95. The van der Waals surface area contributed by atoms with Crippen molar-refractivity contribution in [1.82, 2.24) is 9.55 Å². The van der Waals surface area contributed by atoms with Gasteiger partial charge in [-0.25, -0.2) is 4.98 Å². The summed E-state index contributed by atoms with van der Waals surface area (Å²) in [6.07, 6.45) is 6.04. The molecule has 0 bridgehead atoms. The first kappa shape index (κ1) is 18.5. The Kier molecular flexibility index (Phi) is 6.41. The van der Waals surface area contributed by atoms with Crippen LogP contribution in [-0.2, 0) is 13.5 Å². The molecule has 0 spiro atoms. The summed E-state index contributed by atoms with van der Waals surface area (Å²) >= 11 is 6.24. The van der Waals surface area contributed by atoms with Gasteiger partial charge in [-0.2, -0.15) is 0 Å². The second-order valence-electron chi connectivity index (χ2n) is 6.28. The average molecular weight is 345 g/mol. The fraction of sp³-hybridized carbons (Fsp3) is 0.350. The van der Waals surface area contributed by atoms with Gasteiger partial charge in [-0.1, -0.05) is 29.8 Å². The highest BCUT2D eigenvalue weighted by molar-refractivity contribution is 6.30. The van der Waals surface area contributed by atoms with Gasteiger partial charge in [-0.15, -0.1) is 6.58 Å². The maximum Gasteiger partial charge on any atom is 0.0945 e. The van der Waals surface area contributed by atoms with Gasteiger partial charge in [0, 0.05) is 36.5 Å². The summed E-state index contributed by atoms with van der Waals surface area (Å²) in [6.45, 7) is 10.5. The second kappa shape index (κ2) is 8.32. The third-order valence-electron chi connectivity index (χ3n) is 4.29. The van der Waals surface area contributed by atoms with Crippen molar-refractivity contribution in [3.63, 3.8) is 0 Å². The molecule has 0 fully saturated rings.